The van der Waals surface area contributed by atoms with Gasteiger partial charge >= 0.3 is 0 Å². The van der Waals surface area contributed by atoms with Crippen LogP contribution < -0.4 is 5.32 Å². The van der Waals surface area contributed by atoms with Crippen molar-refractivity contribution in [2.45, 2.75) is 31.2 Å². The summed E-state index contributed by atoms with van der Waals surface area (Å²) in [6, 6.07) is 13.2. The Bertz CT molecular complexity index is 943. The average molecular weight is 388 g/mol. The molecule has 3 aromatic rings. The second-order valence-corrected chi connectivity index (χ2v) is 7.61. The van der Waals surface area contributed by atoms with E-state index >= 15 is 0 Å². The molecule has 8 heteroatoms. The van der Waals surface area contributed by atoms with Crippen molar-refractivity contribution in [2.24, 2.45) is 0 Å². The van der Waals surface area contributed by atoms with Crippen molar-refractivity contribution in [3.63, 3.8) is 0 Å². The molecule has 0 spiro atoms. The zero-order valence-corrected chi connectivity index (χ0v) is 16.2. The lowest BCUT2D eigenvalue weighted by Crippen LogP contribution is -2.23. The molecular weight excluding hydrogens is 370 g/mol. The molecule has 3 rings (SSSR count). The topological polar surface area (TPSA) is 72.7 Å². The van der Waals surface area contributed by atoms with Crippen molar-refractivity contribution >= 4 is 35.0 Å². The molecule has 1 heterocycles. The monoisotopic (exact) mass is 387 g/mol. The molecule has 134 valence electrons. The summed E-state index contributed by atoms with van der Waals surface area (Å²) in [4.78, 5) is 12.6. The summed E-state index contributed by atoms with van der Waals surface area (Å²) in [7, 11) is 0. The fourth-order valence-electron chi connectivity index (χ4n) is 2.38. The van der Waals surface area contributed by atoms with Crippen LogP contribution in [0.4, 0.5) is 5.69 Å². The lowest BCUT2D eigenvalue weighted by Gasteiger charge is -2.14. The molecule has 0 saturated carbocycles. The molecule has 0 aliphatic heterocycles. The normalized spacial score (nSPS) is 12.0. The lowest BCUT2D eigenvalue weighted by molar-refractivity contribution is -0.115. The van der Waals surface area contributed by atoms with E-state index in [9.17, 15) is 4.79 Å². The van der Waals surface area contributed by atoms with Crippen molar-refractivity contribution < 1.29 is 4.79 Å². The Morgan fingerprint density at radius 3 is 2.73 bits per heavy atom. The van der Waals surface area contributed by atoms with Gasteiger partial charge < -0.3 is 5.32 Å². The number of anilines is 1. The highest BCUT2D eigenvalue weighted by Crippen LogP contribution is 2.26. The highest BCUT2D eigenvalue weighted by molar-refractivity contribution is 8.00. The summed E-state index contributed by atoms with van der Waals surface area (Å²) in [6.45, 7) is 5.72. The number of benzene rings is 2. The third kappa shape index (κ3) is 4.05. The number of aromatic nitrogens is 4. The minimum Gasteiger partial charge on any atom is -0.325 e. The van der Waals surface area contributed by atoms with Gasteiger partial charge in [0.25, 0.3) is 0 Å². The summed E-state index contributed by atoms with van der Waals surface area (Å²) < 4.78 is 1.65. The van der Waals surface area contributed by atoms with Gasteiger partial charge in [0.15, 0.2) is 0 Å². The highest BCUT2D eigenvalue weighted by atomic mass is 35.5. The first kappa shape index (κ1) is 18.4. The van der Waals surface area contributed by atoms with Gasteiger partial charge in [-0.3, -0.25) is 4.79 Å². The molecule has 1 aromatic heterocycles. The molecule has 2 aromatic carbocycles. The second-order valence-electron chi connectivity index (χ2n) is 5.87. The molecular formula is C18H18ClN5OS. The highest BCUT2D eigenvalue weighted by Gasteiger charge is 2.20. The summed E-state index contributed by atoms with van der Waals surface area (Å²) in [6.07, 6.45) is 0. The van der Waals surface area contributed by atoms with E-state index in [1.807, 2.05) is 51.1 Å². The second kappa shape index (κ2) is 7.88. The van der Waals surface area contributed by atoms with E-state index in [4.69, 9.17) is 11.6 Å². The van der Waals surface area contributed by atoms with Crippen LogP contribution in [0.5, 0.6) is 0 Å². The van der Waals surface area contributed by atoms with Crippen LogP contribution in [-0.2, 0) is 4.79 Å². The van der Waals surface area contributed by atoms with Gasteiger partial charge in [0.1, 0.15) is 0 Å². The van der Waals surface area contributed by atoms with E-state index in [-0.39, 0.29) is 11.2 Å². The van der Waals surface area contributed by atoms with Gasteiger partial charge in [-0.1, -0.05) is 47.6 Å². The maximum Gasteiger partial charge on any atom is 0.237 e. The number of thioether (sulfide) groups is 1. The van der Waals surface area contributed by atoms with Crippen LogP contribution in [0.3, 0.4) is 0 Å². The number of para-hydroxylation sites is 1. The Labute approximate surface area is 160 Å². The molecule has 1 atom stereocenters. The first-order valence-corrected chi connectivity index (χ1v) is 9.29. The van der Waals surface area contributed by atoms with Crippen LogP contribution in [0, 0.1) is 13.8 Å². The van der Waals surface area contributed by atoms with Gasteiger partial charge in [-0.05, 0) is 60.5 Å². The van der Waals surface area contributed by atoms with Crippen molar-refractivity contribution in [1.82, 2.24) is 20.2 Å². The molecule has 26 heavy (non-hydrogen) atoms. The SMILES string of the molecule is Cc1ccc(Cl)cc1NC(=O)[C@@H](C)Sc1nnnn1-c1ccccc1C. The smallest absolute Gasteiger partial charge is 0.237 e. The fraction of sp³-hybridized carbons (Fsp3) is 0.222. The number of aryl methyl sites for hydroxylation is 2. The number of nitrogens with one attached hydrogen (secondary N) is 1. The zero-order chi connectivity index (χ0) is 18.7. The number of carbonyl (C=O) groups is 1. The van der Waals surface area contributed by atoms with Crippen molar-refractivity contribution in [3.8, 4) is 5.69 Å². The van der Waals surface area contributed by atoms with E-state index in [2.05, 4.69) is 20.8 Å². The van der Waals surface area contributed by atoms with Gasteiger partial charge in [-0.25, -0.2) is 0 Å². The third-order valence-corrected chi connectivity index (χ3v) is 5.16. The fourth-order valence-corrected chi connectivity index (χ4v) is 3.35. The number of halogens is 1. The van der Waals surface area contributed by atoms with Crippen molar-refractivity contribution in [3.05, 3.63) is 58.6 Å². The predicted octanol–water partition coefficient (Wildman–Crippen LogP) is 4.05. The Hall–Kier alpha value is -2.38. The Morgan fingerprint density at radius 2 is 1.96 bits per heavy atom. The number of nitrogens with zero attached hydrogens (tertiary/aromatic N) is 4. The van der Waals surface area contributed by atoms with Gasteiger partial charge in [0.05, 0.1) is 10.9 Å². The number of hydrogen-bond acceptors (Lipinski definition) is 5. The maximum atomic E-state index is 12.6. The Kier molecular flexibility index (Phi) is 5.58. The molecule has 0 aliphatic carbocycles. The summed E-state index contributed by atoms with van der Waals surface area (Å²) in [5, 5.41) is 15.5. The van der Waals surface area contributed by atoms with E-state index in [1.165, 1.54) is 11.8 Å². The maximum absolute atomic E-state index is 12.6. The number of hydrogen-bond donors (Lipinski definition) is 1. The van der Waals surface area contributed by atoms with Crippen LogP contribution in [-0.4, -0.2) is 31.4 Å². The largest absolute Gasteiger partial charge is 0.325 e. The van der Waals surface area contributed by atoms with Gasteiger partial charge in [-0.2, -0.15) is 4.68 Å². The minimum absolute atomic E-state index is 0.139. The zero-order valence-electron chi connectivity index (χ0n) is 14.6. The Balaban J connectivity index is 1.76. The van der Waals surface area contributed by atoms with Crippen LogP contribution in [0.2, 0.25) is 5.02 Å². The van der Waals surface area contributed by atoms with E-state index in [0.29, 0.717) is 15.9 Å². The van der Waals surface area contributed by atoms with Crippen LogP contribution >= 0.6 is 23.4 Å². The standard InChI is InChI=1S/C18H18ClN5OS/c1-11-8-9-14(19)10-15(11)20-17(25)13(3)26-18-21-22-23-24(18)16-7-5-4-6-12(16)2/h4-10,13H,1-3H3,(H,20,25)/t13-/m1/s1. The number of tetrazole rings is 1. The molecule has 0 radical (unpaired) electrons. The van der Waals surface area contributed by atoms with Crippen LogP contribution in [0.15, 0.2) is 47.6 Å². The van der Waals surface area contributed by atoms with E-state index < -0.39 is 0 Å². The summed E-state index contributed by atoms with van der Waals surface area (Å²) in [5.74, 6) is -0.139. The first-order valence-electron chi connectivity index (χ1n) is 8.04. The molecule has 0 bridgehead atoms. The quantitative estimate of drug-likeness (QED) is 0.668. The van der Waals surface area contributed by atoms with E-state index in [1.54, 1.807) is 16.8 Å². The van der Waals surface area contributed by atoms with Crippen molar-refractivity contribution in [2.75, 3.05) is 5.32 Å². The average Bonchev–Trinajstić information content (AvgIpc) is 3.06. The van der Waals surface area contributed by atoms with Gasteiger partial charge in [0, 0.05) is 10.7 Å². The first-order chi connectivity index (χ1) is 12.5. The molecule has 1 amide bonds. The van der Waals surface area contributed by atoms with E-state index in [0.717, 1.165) is 16.8 Å². The lowest BCUT2D eigenvalue weighted by atomic mass is 10.2. The molecule has 1 N–H and O–H groups in total. The van der Waals surface area contributed by atoms with Crippen LogP contribution in [0.1, 0.15) is 18.1 Å². The minimum atomic E-state index is -0.387. The molecule has 0 saturated heterocycles. The Morgan fingerprint density at radius 1 is 1.19 bits per heavy atom. The molecule has 0 aliphatic rings. The molecule has 0 unspecified atom stereocenters. The molecule has 6 nitrogen and oxygen atoms in total. The van der Waals surface area contributed by atoms with Gasteiger partial charge in [-0.15, -0.1) is 5.10 Å². The van der Waals surface area contributed by atoms with Gasteiger partial charge in [0.2, 0.25) is 11.1 Å². The van der Waals surface area contributed by atoms with Crippen LogP contribution in [0.25, 0.3) is 5.69 Å². The number of carbonyl (C=O) groups excluding carboxylic acids is 1. The number of amides is 1. The third-order valence-electron chi connectivity index (χ3n) is 3.89. The summed E-state index contributed by atoms with van der Waals surface area (Å²) in [5.41, 5.74) is 3.59. The van der Waals surface area contributed by atoms with Crippen molar-refractivity contribution in [1.29, 1.82) is 0 Å². The number of rotatable bonds is 5. The summed E-state index contributed by atoms with van der Waals surface area (Å²) >= 11 is 7.31. The predicted molar refractivity (Wildman–Crippen MR) is 104 cm³/mol. The molecule has 0 fully saturated rings.